The van der Waals surface area contributed by atoms with Crippen molar-refractivity contribution in [3.05, 3.63) is 90.0 Å². The molecule has 0 unspecified atom stereocenters. The van der Waals surface area contributed by atoms with Crippen molar-refractivity contribution in [2.24, 2.45) is 0 Å². The Kier molecular flexibility index (Phi) is 5.33. The van der Waals surface area contributed by atoms with Gasteiger partial charge in [0.25, 0.3) is 0 Å². The summed E-state index contributed by atoms with van der Waals surface area (Å²) >= 11 is 0. The standard InChI is InChI=1S/C23H20N4O2/c1-16-10-12-17(13-11-16)15-24-23(28)25-20-9-5-8-19(14-20)22-27-26-21(29-22)18-6-3-2-4-7-18/h2-14H,15H2,1H3,(H2,24,25,28). The summed E-state index contributed by atoms with van der Waals surface area (Å²) in [5.41, 5.74) is 4.46. The lowest BCUT2D eigenvalue weighted by atomic mass is 10.1. The van der Waals surface area contributed by atoms with Crippen LogP contribution in [0.4, 0.5) is 10.5 Å². The molecule has 144 valence electrons. The van der Waals surface area contributed by atoms with Gasteiger partial charge >= 0.3 is 6.03 Å². The molecule has 0 aliphatic carbocycles. The van der Waals surface area contributed by atoms with Crippen LogP contribution in [-0.2, 0) is 6.54 Å². The molecule has 0 saturated carbocycles. The molecular formula is C23H20N4O2. The highest BCUT2D eigenvalue weighted by atomic mass is 16.4. The normalized spacial score (nSPS) is 10.5. The SMILES string of the molecule is Cc1ccc(CNC(=O)Nc2cccc(-c3nnc(-c4ccccc4)o3)c2)cc1. The third-order valence-electron chi connectivity index (χ3n) is 4.39. The molecule has 1 heterocycles. The third kappa shape index (κ3) is 4.68. The molecule has 1 aromatic heterocycles. The van der Waals surface area contributed by atoms with Gasteiger partial charge < -0.3 is 15.1 Å². The number of rotatable bonds is 5. The Bertz CT molecular complexity index is 1110. The van der Waals surface area contributed by atoms with E-state index in [1.807, 2.05) is 79.7 Å². The maximum Gasteiger partial charge on any atom is 0.319 e. The second-order valence-electron chi connectivity index (χ2n) is 6.65. The molecule has 2 N–H and O–H groups in total. The van der Waals surface area contributed by atoms with E-state index in [1.165, 1.54) is 5.56 Å². The first-order chi connectivity index (χ1) is 14.2. The van der Waals surface area contributed by atoms with Crippen molar-refractivity contribution in [1.29, 1.82) is 0 Å². The predicted octanol–water partition coefficient (Wildman–Crippen LogP) is 5.03. The minimum atomic E-state index is -0.279. The Hall–Kier alpha value is -3.93. The summed E-state index contributed by atoms with van der Waals surface area (Å²) in [6.45, 7) is 2.49. The average Bonchev–Trinajstić information content (AvgIpc) is 3.25. The number of anilines is 1. The zero-order valence-corrected chi connectivity index (χ0v) is 15.9. The Morgan fingerprint density at radius 3 is 2.31 bits per heavy atom. The first-order valence-corrected chi connectivity index (χ1v) is 9.27. The number of benzene rings is 3. The predicted molar refractivity (Wildman–Crippen MR) is 112 cm³/mol. The van der Waals surface area contributed by atoms with Gasteiger partial charge in [-0.3, -0.25) is 0 Å². The van der Waals surface area contributed by atoms with E-state index in [-0.39, 0.29) is 6.03 Å². The molecule has 29 heavy (non-hydrogen) atoms. The summed E-state index contributed by atoms with van der Waals surface area (Å²) in [6.07, 6.45) is 0. The van der Waals surface area contributed by atoms with Crippen LogP contribution < -0.4 is 10.6 Å². The maximum atomic E-state index is 12.2. The van der Waals surface area contributed by atoms with Crippen LogP contribution in [0.5, 0.6) is 0 Å². The molecule has 0 aliphatic heterocycles. The Balaban J connectivity index is 1.41. The van der Waals surface area contributed by atoms with E-state index in [2.05, 4.69) is 20.8 Å². The van der Waals surface area contributed by atoms with E-state index in [0.717, 1.165) is 16.7 Å². The molecule has 0 fully saturated rings. The Morgan fingerprint density at radius 2 is 1.55 bits per heavy atom. The molecule has 0 spiro atoms. The second kappa shape index (κ2) is 8.39. The average molecular weight is 384 g/mol. The highest BCUT2D eigenvalue weighted by Gasteiger charge is 2.11. The van der Waals surface area contributed by atoms with E-state index in [9.17, 15) is 4.79 Å². The second-order valence-corrected chi connectivity index (χ2v) is 6.65. The highest BCUT2D eigenvalue weighted by molar-refractivity contribution is 5.89. The van der Waals surface area contributed by atoms with Crippen LogP contribution in [0.15, 0.2) is 83.3 Å². The molecule has 0 saturated heterocycles. The van der Waals surface area contributed by atoms with Gasteiger partial charge in [-0.15, -0.1) is 10.2 Å². The largest absolute Gasteiger partial charge is 0.416 e. The minimum Gasteiger partial charge on any atom is -0.416 e. The number of aromatic nitrogens is 2. The molecule has 0 radical (unpaired) electrons. The van der Waals surface area contributed by atoms with E-state index >= 15 is 0 Å². The first-order valence-electron chi connectivity index (χ1n) is 9.27. The topological polar surface area (TPSA) is 80.0 Å². The molecular weight excluding hydrogens is 364 g/mol. The van der Waals surface area contributed by atoms with Gasteiger partial charge in [0, 0.05) is 23.4 Å². The summed E-state index contributed by atoms with van der Waals surface area (Å²) in [5.74, 6) is 0.849. The van der Waals surface area contributed by atoms with Crippen molar-refractivity contribution in [3.8, 4) is 22.9 Å². The van der Waals surface area contributed by atoms with Gasteiger partial charge in [0.15, 0.2) is 0 Å². The van der Waals surface area contributed by atoms with Gasteiger partial charge in [0.05, 0.1) is 0 Å². The molecule has 4 aromatic rings. The van der Waals surface area contributed by atoms with Crippen molar-refractivity contribution in [2.45, 2.75) is 13.5 Å². The number of carbonyl (C=O) groups excluding carboxylic acids is 1. The van der Waals surface area contributed by atoms with Crippen LogP contribution in [-0.4, -0.2) is 16.2 Å². The third-order valence-corrected chi connectivity index (χ3v) is 4.39. The van der Waals surface area contributed by atoms with Crippen molar-refractivity contribution in [3.63, 3.8) is 0 Å². The Morgan fingerprint density at radius 1 is 0.862 bits per heavy atom. The number of hydrogen-bond acceptors (Lipinski definition) is 4. The Labute approximate surface area is 168 Å². The highest BCUT2D eigenvalue weighted by Crippen LogP contribution is 2.25. The smallest absolute Gasteiger partial charge is 0.319 e. The van der Waals surface area contributed by atoms with Gasteiger partial charge in [-0.05, 0) is 42.8 Å². The van der Waals surface area contributed by atoms with E-state index in [0.29, 0.717) is 24.0 Å². The molecule has 0 bridgehead atoms. The van der Waals surface area contributed by atoms with E-state index in [1.54, 1.807) is 6.07 Å². The van der Waals surface area contributed by atoms with Crippen molar-refractivity contribution < 1.29 is 9.21 Å². The zero-order chi connectivity index (χ0) is 20.1. The fourth-order valence-electron chi connectivity index (χ4n) is 2.83. The van der Waals surface area contributed by atoms with E-state index in [4.69, 9.17) is 4.42 Å². The van der Waals surface area contributed by atoms with Crippen molar-refractivity contribution in [2.75, 3.05) is 5.32 Å². The van der Waals surface area contributed by atoms with Crippen molar-refractivity contribution in [1.82, 2.24) is 15.5 Å². The van der Waals surface area contributed by atoms with Crippen LogP contribution in [0, 0.1) is 6.92 Å². The molecule has 0 atom stereocenters. The molecule has 0 aliphatic rings. The van der Waals surface area contributed by atoms with Crippen molar-refractivity contribution >= 4 is 11.7 Å². The number of amides is 2. The minimum absolute atomic E-state index is 0.279. The lowest BCUT2D eigenvalue weighted by Crippen LogP contribution is -2.28. The van der Waals surface area contributed by atoms with Gasteiger partial charge in [-0.25, -0.2) is 4.79 Å². The number of hydrogen-bond donors (Lipinski definition) is 2. The quantitative estimate of drug-likeness (QED) is 0.505. The fourth-order valence-corrected chi connectivity index (χ4v) is 2.83. The number of aryl methyl sites for hydroxylation is 1. The number of nitrogens with one attached hydrogen (secondary N) is 2. The molecule has 2 amide bonds. The van der Waals surface area contributed by atoms with Crippen LogP contribution in [0.1, 0.15) is 11.1 Å². The molecule has 3 aromatic carbocycles. The zero-order valence-electron chi connectivity index (χ0n) is 15.9. The van der Waals surface area contributed by atoms with E-state index < -0.39 is 0 Å². The summed E-state index contributed by atoms with van der Waals surface area (Å²) in [7, 11) is 0. The van der Waals surface area contributed by atoms with Crippen LogP contribution >= 0.6 is 0 Å². The maximum absolute atomic E-state index is 12.2. The van der Waals surface area contributed by atoms with Crippen LogP contribution in [0.3, 0.4) is 0 Å². The summed E-state index contributed by atoms with van der Waals surface area (Å²) in [4.78, 5) is 12.2. The lowest BCUT2D eigenvalue weighted by molar-refractivity contribution is 0.251. The summed E-state index contributed by atoms with van der Waals surface area (Å²) in [5, 5.41) is 13.9. The van der Waals surface area contributed by atoms with Gasteiger partial charge in [0.1, 0.15) is 0 Å². The molecule has 6 heteroatoms. The van der Waals surface area contributed by atoms with Gasteiger partial charge in [-0.1, -0.05) is 54.1 Å². The monoisotopic (exact) mass is 384 g/mol. The summed E-state index contributed by atoms with van der Waals surface area (Å²) in [6, 6.07) is 24.6. The summed E-state index contributed by atoms with van der Waals surface area (Å²) < 4.78 is 5.78. The fraction of sp³-hybridized carbons (Fsp3) is 0.0870. The molecule has 4 rings (SSSR count). The lowest BCUT2D eigenvalue weighted by Gasteiger charge is -2.08. The van der Waals surface area contributed by atoms with Crippen LogP contribution in [0.2, 0.25) is 0 Å². The first kappa shape index (κ1) is 18.4. The number of urea groups is 1. The molecule has 6 nitrogen and oxygen atoms in total. The number of nitrogens with zero attached hydrogens (tertiary/aromatic N) is 2. The van der Waals surface area contributed by atoms with Gasteiger partial charge in [-0.2, -0.15) is 0 Å². The van der Waals surface area contributed by atoms with Crippen LogP contribution in [0.25, 0.3) is 22.9 Å². The number of carbonyl (C=O) groups is 1. The van der Waals surface area contributed by atoms with Gasteiger partial charge in [0.2, 0.25) is 11.8 Å².